The van der Waals surface area contributed by atoms with Crippen LogP contribution in [0.5, 0.6) is 46.0 Å². The fourth-order valence-electron chi connectivity index (χ4n) is 3.82. The molecule has 0 aliphatic rings. The van der Waals surface area contributed by atoms with Crippen LogP contribution in [0.3, 0.4) is 0 Å². The van der Waals surface area contributed by atoms with E-state index in [0.29, 0.717) is 63.8 Å². The topological polar surface area (TPSA) is 107 Å². The molecule has 0 heterocycles. The van der Waals surface area contributed by atoms with Crippen LogP contribution in [-0.2, 0) is 6.42 Å². The van der Waals surface area contributed by atoms with E-state index in [1.165, 1.54) is 0 Å². The Bertz CT molecular complexity index is 1200. The summed E-state index contributed by atoms with van der Waals surface area (Å²) in [7, 11) is 6.35. The van der Waals surface area contributed by atoms with Gasteiger partial charge in [-0.05, 0) is 90.3 Å². The molecule has 4 aromatic carbocycles. The van der Waals surface area contributed by atoms with E-state index in [-0.39, 0.29) is 0 Å². The molecule has 0 amide bonds. The second kappa shape index (κ2) is 11.3. The minimum absolute atomic E-state index is 0.473. The molecule has 0 aliphatic carbocycles. The number of benzene rings is 4. The lowest BCUT2D eigenvalue weighted by Crippen LogP contribution is -2.00. The van der Waals surface area contributed by atoms with Crippen LogP contribution in [0.15, 0.2) is 72.8 Å². The van der Waals surface area contributed by atoms with Gasteiger partial charge in [-0.15, -0.1) is 0 Å². The molecule has 0 bridgehead atoms. The Morgan fingerprint density at radius 3 is 1.05 bits per heavy atom. The average molecular weight is 503 g/mol. The highest BCUT2D eigenvalue weighted by atomic mass is 16.5. The van der Waals surface area contributed by atoms with Crippen molar-refractivity contribution in [1.29, 1.82) is 0 Å². The number of methoxy groups -OCH3 is 4. The molecule has 0 aromatic heterocycles. The number of anilines is 2. The van der Waals surface area contributed by atoms with Gasteiger partial charge < -0.3 is 39.9 Å². The lowest BCUT2D eigenvalue weighted by molar-refractivity contribution is 0.345. The van der Waals surface area contributed by atoms with Crippen molar-refractivity contribution in [2.45, 2.75) is 6.42 Å². The molecule has 0 atom stereocenters. The van der Waals surface area contributed by atoms with Crippen LogP contribution >= 0.6 is 0 Å². The van der Waals surface area contributed by atoms with Gasteiger partial charge in [0, 0.05) is 11.4 Å². The van der Waals surface area contributed by atoms with Gasteiger partial charge in [0.2, 0.25) is 11.5 Å². The average Bonchev–Trinajstić information content (AvgIpc) is 2.92. The van der Waals surface area contributed by atoms with Gasteiger partial charge in [0.15, 0.2) is 23.0 Å². The van der Waals surface area contributed by atoms with E-state index < -0.39 is 0 Å². The van der Waals surface area contributed by atoms with E-state index in [1.54, 1.807) is 77.0 Å². The summed E-state index contributed by atoms with van der Waals surface area (Å²) in [5.74, 6) is 4.32. The largest absolute Gasteiger partial charge is 0.493 e. The molecule has 8 nitrogen and oxygen atoms in total. The van der Waals surface area contributed by atoms with E-state index in [0.717, 1.165) is 11.1 Å². The van der Waals surface area contributed by atoms with Gasteiger partial charge in [-0.3, -0.25) is 0 Å². The lowest BCUT2D eigenvalue weighted by Gasteiger charge is -2.18. The molecule has 0 fully saturated rings. The molecule has 4 N–H and O–H groups in total. The van der Waals surface area contributed by atoms with Gasteiger partial charge in [0.05, 0.1) is 28.4 Å². The van der Waals surface area contributed by atoms with Crippen molar-refractivity contribution < 1.29 is 28.4 Å². The summed E-state index contributed by atoms with van der Waals surface area (Å²) in [5.41, 5.74) is 14.7. The third kappa shape index (κ3) is 5.92. The molecule has 4 rings (SSSR count). The van der Waals surface area contributed by atoms with Crippen molar-refractivity contribution in [1.82, 2.24) is 0 Å². The summed E-state index contributed by atoms with van der Waals surface area (Å²) in [4.78, 5) is 0. The van der Waals surface area contributed by atoms with Crippen molar-refractivity contribution in [2.24, 2.45) is 0 Å². The molecular weight excluding hydrogens is 472 g/mol. The molecule has 0 unspecified atom stereocenters. The first-order valence-corrected chi connectivity index (χ1v) is 11.5. The van der Waals surface area contributed by atoms with E-state index in [2.05, 4.69) is 0 Å². The van der Waals surface area contributed by atoms with Crippen LogP contribution in [0.4, 0.5) is 11.4 Å². The highest BCUT2D eigenvalue weighted by Crippen LogP contribution is 2.44. The van der Waals surface area contributed by atoms with E-state index in [9.17, 15) is 0 Å². The Kier molecular flexibility index (Phi) is 7.78. The Balaban J connectivity index is 1.65. The molecule has 0 aliphatic heterocycles. The van der Waals surface area contributed by atoms with E-state index in [4.69, 9.17) is 39.9 Å². The second-order valence-electron chi connectivity index (χ2n) is 8.18. The van der Waals surface area contributed by atoms with Crippen LogP contribution in [0.25, 0.3) is 0 Å². The van der Waals surface area contributed by atoms with Crippen molar-refractivity contribution in [3.8, 4) is 46.0 Å². The number of rotatable bonds is 10. The molecule has 8 heteroatoms. The SMILES string of the molecule is COc1cc(Cc2cc(OC)c(Oc3ccc(N)cc3)c(OC)c2)cc(OC)c1Oc1ccc(N)cc1. The smallest absolute Gasteiger partial charge is 0.211 e. The predicted octanol–water partition coefficient (Wildman–Crippen LogP) is 6.06. The highest BCUT2D eigenvalue weighted by Gasteiger charge is 2.19. The number of hydrogen-bond acceptors (Lipinski definition) is 8. The summed E-state index contributed by atoms with van der Waals surface area (Å²) >= 11 is 0. The predicted molar refractivity (Wildman–Crippen MR) is 144 cm³/mol. The summed E-state index contributed by atoms with van der Waals surface area (Å²) in [6, 6.07) is 21.9. The quantitative estimate of drug-likeness (QED) is 0.252. The third-order valence-corrected chi connectivity index (χ3v) is 5.65. The molecule has 0 radical (unpaired) electrons. The third-order valence-electron chi connectivity index (χ3n) is 5.65. The van der Waals surface area contributed by atoms with Crippen molar-refractivity contribution in [3.63, 3.8) is 0 Å². The van der Waals surface area contributed by atoms with Crippen LogP contribution in [-0.4, -0.2) is 28.4 Å². The number of nitrogens with two attached hydrogens (primary N) is 2. The molecular formula is C29H30N2O6. The van der Waals surface area contributed by atoms with Gasteiger partial charge in [0.1, 0.15) is 11.5 Å². The van der Waals surface area contributed by atoms with E-state index >= 15 is 0 Å². The minimum atomic E-state index is 0.473. The summed E-state index contributed by atoms with van der Waals surface area (Å²) < 4.78 is 34.7. The summed E-state index contributed by atoms with van der Waals surface area (Å²) in [6.45, 7) is 0. The summed E-state index contributed by atoms with van der Waals surface area (Å²) in [6.07, 6.45) is 0.545. The van der Waals surface area contributed by atoms with Crippen LogP contribution in [0, 0.1) is 0 Å². The van der Waals surface area contributed by atoms with Crippen LogP contribution in [0.1, 0.15) is 11.1 Å². The Hall–Kier alpha value is -4.72. The number of hydrogen-bond donors (Lipinski definition) is 2. The maximum absolute atomic E-state index is 6.07. The Labute approximate surface area is 216 Å². The number of ether oxygens (including phenoxy) is 6. The van der Waals surface area contributed by atoms with Gasteiger partial charge in [-0.1, -0.05) is 0 Å². The first-order valence-electron chi connectivity index (χ1n) is 11.5. The number of nitrogen functional groups attached to an aromatic ring is 2. The van der Waals surface area contributed by atoms with Crippen molar-refractivity contribution in [3.05, 3.63) is 83.9 Å². The second-order valence-corrected chi connectivity index (χ2v) is 8.18. The maximum atomic E-state index is 6.07. The summed E-state index contributed by atoms with van der Waals surface area (Å²) in [5, 5.41) is 0. The zero-order chi connectivity index (χ0) is 26.4. The molecule has 0 saturated carbocycles. The fourth-order valence-corrected chi connectivity index (χ4v) is 3.82. The standard InChI is InChI=1S/C29H30N2O6/c1-32-24-14-18(15-25(33-2)28(24)36-22-9-5-20(30)6-10-22)13-19-16-26(34-3)29(27(17-19)35-4)37-23-11-7-21(31)8-12-23/h5-12,14-17H,13,30-31H2,1-4H3. The van der Waals surface area contributed by atoms with Gasteiger partial charge in [-0.2, -0.15) is 0 Å². The lowest BCUT2D eigenvalue weighted by atomic mass is 10.0. The zero-order valence-electron chi connectivity index (χ0n) is 21.2. The first-order chi connectivity index (χ1) is 17.9. The minimum Gasteiger partial charge on any atom is -0.493 e. The van der Waals surface area contributed by atoms with E-state index in [1.807, 2.05) is 24.3 Å². The zero-order valence-corrected chi connectivity index (χ0v) is 21.2. The fraction of sp³-hybridized carbons (Fsp3) is 0.172. The molecule has 0 spiro atoms. The van der Waals surface area contributed by atoms with Crippen LogP contribution < -0.4 is 39.9 Å². The maximum Gasteiger partial charge on any atom is 0.211 e. The Morgan fingerprint density at radius 2 is 0.784 bits per heavy atom. The molecule has 4 aromatic rings. The molecule has 0 saturated heterocycles. The van der Waals surface area contributed by atoms with Crippen molar-refractivity contribution in [2.75, 3.05) is 39.9 Å². The van der Waals surface area contributed by atoms with Crippen LogP contribution in [0.2, 0.25) is 0 Å². The first kappa shape index (κ1) is 25.4. The van der Waals surface area contributed by atoms with Crippen molar-refractivity contribution >= 4 is 11.4 Å². The van der Waals surface area contributed by atoms with Gasteiger partial charge >= 0.3 is 0 Å². The molecule has 37 heavy (non-hydrogen) atoms. The highest BCUT2D eigenvalue weighted by molar-refractivity contribution is 5.59. The normalized spacial score (nSPS) is 10.5. The van der Waals surface area contributed by atoms with Gasteiger partial charge in [0.25, 0.3) is 0 Å². The van der Waals surface area contributed by atoms with Gasteiger partial charge in [-0.25, -0.2) is 0 Å². The molecule has 192 valence electrons. The monoisotopic (exact) mass is 502 g/mol. The Morgan fingerprint density at radius 1 is 0.486 bits per heavy atom.